The molecule has 0 saturated heterocycles. The summed E-state index contributed by atoms with van der Waals surface area (Å²) >= 11 is 3.31. The number of carbonyl (C=O) groups excluding carboxylic acids is 1. The number of ether oxygens (including phenoxy) is 2. The van der Waals surface area contributed by atoms with Crippen LogP contribution >= 0.6 is 15.9 Å². The molecule has 3 aromatic rings. The number of aliphatic carboxylic acids is 1. The molecule has 2 N–H and O–H groups in total. The smallest absolute Gasteiger partial charge is 0.407 e. The van der Waals surface area contributed by atoms with Crippen LogP contribution < -0.4 is 10.1 Å². The topological polar surface area (TPSA) is 97.8 Å². The first kappa shape index (κ1) is 21.8. The molecule has 164 valence electrons. The van der Waals surface area contributed by atoms with E-state index in [2.05, 4.69) is 26.2 Å². The second-order valence-electron chi connectivity index (χ2n) is 7.39. The van der Waals surface area contributed by atoms with Crippen LogP contribution in [-0.2, 0) is 16.0 Å². The highest BCUT2D eigenvalue weighted by molar-refractivity contribution is 9.10. The highest BCUT2D eigenvalue weighted by atomic mass is 79.9. The number of amides is 1. The van der Waals surface area contributed by atoms with Crippen LogP contribution in [0.2, 0.25) is 0 Å². The molecule has 32 heavy (non-hydrogen) atoms. The standard InChI is InChI=1S/C24H21BrN2O5/c1-31-22-14(10-15(25)12-26-22)11-21(23(28)29)27-24(30)32-13-20-18-8-4-2-6-16(18)17-7-3-5-9-19(17)20/h2-10,12,20-21H,11,13H2,1H3,(H,27,30)(H,28,29). The average Bonchev–Trinajstić information content (AvgIpc) is 3.11. The van der Waals surface area contributed by atoms with Crippen molar-refractivity contribution in [2.24, 2.45) is 0 Å². The van der Waals surface area contributed by atoms with Crippen LogP contribution in [0.25, 0.3) is 11.1 Å². The zero-order valence-electron chi connectivity index (χ0n) is 17.2. The Morgan fingerprint density at radius 3 is 2.34 bits per heavy atom. The molecule has 1 aromatic heterocycles. The maximum absolute atomic E-state index is 12.5. The van der Waals surface area contributed by atoms with E-state index in [4.69, 9.17) is 9.47 Å². The summed E-state index contributed by atoms with van der Waals surface area (Å²) in [5, 5.41) is 12.1. The molecule has 4 rings (SSSR count). The van der Waals surface area contributed by atoms with E-state index in [1.165, 1.54) is 7.11 Å². The van der Waals surface area contributed by atoms with E-state index in [1.807, 2.05) is 48.5 Å². The number of fused-ring (bicyclic) bond motifs is 3. The summed E-state index contributed by atoms with van der Waals surface area (Å²) < 4.78 is 11.3. The zero-order chi connectivity index (χ0) is 22.7. The minimum absolute atomic E-state index is 0.00482. The highest BCUT2D eigenvalue weighted by Gasteiger charge is 2.30. The third-order valence-corrected chi connectivity index (χ3v) is 5.88. The Labute approximate surface area is 193 Å². The number of halogens is 1. The number of carboxylic acid groups (broad SMARTS) is 1. The fourth-order valence-electron chi connectivity index (χ4n) is 4.00. The van der Waals surface area contributed by atoms with Crippen molar-refractivity contribution in [3.8, 4) is 17.0 Å². The monoisotopic (exact) mass is 496 g/mol. The molecule has 0 radical (unpaired) electrons. The molecule has 7 nitrogen and oxygen atoms in total. The van der Waals surface area contributed by atoms with Crippen LogP contribution in [0.4, 0.5) is 4.79 Å². The van der Waals surface area contributed by atoms with Gasteiger partial charge in [0.2, 0.25) is 5.88 Å². The van der Waals surface area contributed by atoms with Gasteiger partial charge in [0, 0.05) is 28.6 Å². The molecular formula is C24H21BrN2O5. The van der Waals surface area contributed by atoms with E-state index in [0.29, 0.717) is 15.9 Å². The number of pyridine rings is 1. The van der Waals surface area contributed by atoms with E-state index < -0.39 is 18.1 Å². The lowest BCUT2D eigenvalue weighted by Gasteiger charge is -2.18. The summed E-state index contributed by atoms with van der Waals surface area (Å²) in [6.45, 7) is 0.105. The fourth-order valence-corrected chi connectivity index (χ4v) is 4.38. The zero-order valence-corrected chi connectivity index (χ0v) is 18.8. The fraction of sp³-hybridized carbons (Fsp3) is 0.208. The van der Waals surface area contributed by atoms with Crippen LogP contribution in [0.3, 0.4) is 0 Å². The van der Waals surface area contributed by atoms with E-state index in [0.717, 1.165) is 22.3 Å². The maximum atomic E-state index is 12.5. The van der Waals surface area contributed by atoms with Gasteiger partial charge in [-0.2, -0.15) is 0 Å². The largest absolute Gasteiger partial charge is 0.481 e. The number of hydrogen-bond donors (Lipinski definition) is 2. The molecule has 1 aliphatic rings. The van der Waals surface area contributed by atoms with Crippen molar-refractivity contribution in [3.63, 3.8) is 0 Å². The van der Waals surface area contributed by atoms with Crippen molar-refractivity contribution in [1.82, 2.24) is 10.3 Å². The first-order valence-corrected chi connectivity index (χ1v) is 10.8. The average molecular weight is 497 g/mol. The van der Waals surface area contributed by atoms with Gasteiger partial charge >= 0.3 is 12.1 Å². The number of alkyl carbamates (subject to hydrolysis) is 1. The van der Waals surface area contributed by atoms with Gasteiger partial charge in [0.25, 0.3) is 0 Å². The molecule has 0 saturated carbocycles. The summed E-state index contributed by atoms with van der Waals surface area (Å²) in [6, 6.07) is 16.5. The van der Waals surface area contributed by atoms with Crippen molar-refractivity contribution >= 4 is 28.0 Å². The number of benzene rings is 2. The Kier molecular flexibility index (Phi) is 6.41. The SMILES string of the molecule is COc1ncc(Br)cc1CC(NC(=O)OCC1c2ccccc2-c2ccccc21)C(=O)O. The third-order valence-electron chi connectivity index (χ3n) is 5.44. The van der Waals surface area contributed by atoms with E-state index in [1.54, 1.807) is 12.3 Å². The molecule has 0 aliphatic heterocycles. The van der Waals surface area contributed by atoms with Gasteiger partial charge in [0.1, 0.15) is 12.6 Å². The molecule has 1 atom stereocenters. The number of rotatable bonds is 7. The van der Waals surface area contributed by atoms with Crippen molar-refractivity contribution in [2.75, 3.05) is 13.7 Å². The summed E-state index contributed by atoms with van der Waals surface area (Å²) in [6.07, 6.45) is 0.757. The predicted molar refractivity (Wildman–Crippen MR) is 122 cm³/mol. The Balaban J connectivity index is 1.45. The molecule has 1 aliphatic carbocycles. The van der Waals surface area contributed by atoms with Gasteiger partial charge in [-0.25, -0.2) is 14.6 Å². The lowest BCUT2D eigenvalue weighted by atomic mass is 9.98. The molecule has 1 unspecified atom stereocenters. The predicted octanol–water partition coefficient (Wildman–Crippen LogP) is 4.39. The van der Waals surface area contributed by atoms with Crippen molar-refractivity contribution < 1.29 is 24.2 Å². The quantitative estimate of drug-likeness (QED) is 0.503. The molecule has 0 fully saturated rings. The molecule has 1 heterocycles. The minimum Gasteiger partial charge on any atom is -0.481 e. The Morgan fingerprint density at radius 2 is 1.75 bits per heavy atom. The van der Waals surface area contributed by atoms with Crippen molar-refractivity contribution in [1.29, 1.82) is 0 Å². The lowest BCUT2D eigenvalue weighted by molar-refractivity contribution is -0.139. The number of methoxy groups -OCH3 is 1. The van der Waals surface area contributed by atoms with E-state index >= 15 is 0 Å². The van der Waals surface area contributed by atoms with E-state index in [9.17, 15) is 14.7 Å². The molecule has 0 spiro atoms. The van der Waals surface area contributed by atoms with E-state index in [-0.39, 0.29) is 18.9 Å². The molecule has 0 bridgehead atoms. The first-order chi connectivity index (χ1) is 15.5. The first-order valence-electron chi connectivity index (χ1n) is 10.0. The van der Waals surface area contributed by atoms with Crippen molar-refractivity contribution in [3.05, 3.63) is 82.0 Å². The second kappa shape index (κ2) is 9.40. The Hall–Kier alpha value is -3.39. The van der Waals surface area contributed by atoms with Crippen LogP contribution in [0.5, 0.6) is 5.88 Å². The maximum Gasteiger partial charge on any atom is 0.407 e. The number of carbonyl (C=O) groups is 2. The number of aromatic nitrogens is 1. The van der Waals surface area contributed by atoms with Crippen molar-refractivity contribution in [2.45, 2.75) is 18.4 Å². The second-order valence-corrected chi connectivity index (χ2v) is 8.30. The Bertz CT molecular complexity index is 1120. The molecule has 1 amide bonds. The lowest BCUT2D eigenvalue weighted by Crippen LogP contribution is -2.43. The summed E-state index contributed by atoms with van der Waals surface area (Å²) in [4.78, 5) is 28.4. The van der Waals surface area contributed by atoms with Gasteiger partial charge in [-0.15, -0.1) is 0 Å². The van der Waals surface area contributed by atoms with Gasteiger partial charge in [-0.05, 0) is 44.3 Å². The minimum atomic E-state index is -1.20. The third kappa shape index (κ3) is 4.45. The van der Waals surface area contributed by atoms with Gasteiger partial charge in [-0.1, -0.05) is 48.5 Å². The van der Waals surface area contributed by atoms with Crippen LogP contribution in [0.1, 0.15) is 22.6 Å². The van der Waals surface area contributed by atoms with Crippen LogP contribution in [-0.4, -0.2) is 41.9 Å². The number of nitrogens with one attached hydrogen (secondary N) is 1. The molecule has 8 heteroatoms. The van der Waals surface area contributed by atoms with Crippen LogP contribution in [0.15, 0.2) is 65.3 Å². The summed E-state index contributed by atoms with van der Waals surface area (Å²) in [5.74, 6) is -0.986. The molecule has 2 aromatic carbocycles. The summed E-state index contributed by atoms with van der Waals surface area (Å²) in [5.41, 5.74) is 4.96. The van der Waals surface area contributed by atoms with Crippen LogP contribution in [0, 0.1) is 0 Å². The Morgan fingerprint density at radius 1 is 1.12 bits per heavy atom. The van der Waals surface area contributed by atoms with Gasteiger partial charge in [-0.3, -0.25) is 0 Å². The normalized spacial score (nSPS) is 13.1. The number of carboxylic acids is 1. The van der Waals surface area contributed by atoms with Gasteiger partial charge in [0.15, 0.2) is 0 Å². The molecular weight excluding hydrogens is 476 g/mol. The highest BCUT2D eigenvalue weighted by Crippen LogP contribution is 2.44. The van der Waals surface area contributed by atoms with Gasteiger partial charge < -0.3 is 19.9 Å². The summed E-state index contributed by atoms with van der Waals surface area (Å²) in [7, 11) is 1.45. The number of nitrogens with zero attached hydrogens (tertiary/aromatic N) is 1. The number of hydrogen-bond acceptors (Lipinski definition) is 5. The van der Waals surface area contributed by atoms with Gasteiger partial charge in [0.05, 0.1) is 7.11 Å².